The van der Waals surface area contributed by atoms with Gasteiger partial charge in [-0.05, 0) is 175 Å². The third kappa shape index (κ3) is 6.26. The summed E-state index contributed by atoms with van der Waals surface area (Å²) in [5.74, 6) is 0.0895. The highest BCUT2D eigenvalue weighted by Gasteiger charge is 2.71. The highest BCUT2D eigenvalue weighted by Crippen LogP contribution is 2.75. The third-order valence-corrected chi connectivity index (χ3v) is 21.6. The molecule has 10 fully saturated rings. The summed E-state index contributed by atoms with van der Waals surface area (Å²) in [5.41, 5.74) is 6.75. The van der Waals surface area contributed by atoms with Crippen molar-refractivity contribution in [1.82, 2.24) is 4.90 Å². The SMILES string of the molecule is Cc1cc(-c2cc(C)c(N3C(=O)C4CC5OC6CC7C(CC6OC5CC4C3=O)C3(CC(C)(C)C4CC5OC6CC8C(=O)N(C)C(=O)C8CC6OC5CC43)CC7(C)C)c3ccccc23)c2ccccc2c1C. The number of carbonyl (C=O) groups excluding carboxylic acids is 4. The van der Waals surface area contributed by atoms with Gasteiger partial charge in [-0.1, -0.05) is 82.3 Å². The normalized spacial score (nSPS) is 41.6. The van der Waals surface area contributed by atoms with Gasteiger partial charge in [0.15, 0.2) is 0 Å². The third-order valence-electron chi connectivity index (χ3n) is 21.6. The van der Waals surface area contributed by atoms with Gasteiger partial charge in [0, 0.05) is 12.4 Å². The van der Waals surface area contributed by atoms with E-state index in [0.717, 1.165) is 53.1 Å². The van der Waals surface area contributed by atoms with Crippen LogP contribution in [0.3, 0.4) is 0 Å². The number of aryl methyl sites for hydroxylation is 3. The second-order valence-corrected chi connectivity index (χ2v) is 25.9. The van der Waals surface area contributed by atoms with Crippen LogP contribution in [0.25, 0.3) is 32.7 Å². The summed E-state index contributed by atoms with van der Waals surface area (Å²) in [4.78, 5) is 58.8. The van der Waals surface area contributed by atoms with Crippen LogP contribution in [-0.2, 0) is 38.1 Å². The van der Waals surface area contributed by atoms with Crippen LogP contribution in [0.5, 0.6) is 0 Å². The van der Waals surface area contributed by atoms with Crippen molar-refractivity contribution >= 4 is 50.9 Å². The van der Waals surface area contributed by atoms with E-state index in [2.05, 4.69) is 103 Å². The van der Waals surface area contributed by atoms with Gasteiger partial charge in [-0.25, -0.2) is 4.90 Å². The van der Waals surface area contributed by atoms with Crippen LogP contribution in [-0.4, -0.2) is 84.4 Å². The van der Waals surface area contributed by atoms with Gasteiger partial charge in [0.05, 0.1) is 78.2 Å². The largest absolute Gasteiger partial charge is 0.370 e. The number of rotatable bonds is 2. The number of ether oxygens (including phenoxy) is 4. The van der Waals surface area contributed by atoms with Gasteiger partial charge in [-0.2, -0.15) is 0 Å². The van der Waals surface area contributed by atoms with Gasteiger partial charge in [0.25, 0.3) is 0 Å². The summed E-state index contributed by atoms with van der Waals surface area (Å²) in [7, 11) is 1.62. The Morgan fingerprint density at radius 3 is 1.25 bits per heavy atom. The first-order chi connectivity index (χ1) is 33.9. The van der Waals surface area contributed by atoms with Crippen molar-refractivity contribution in [1.29, 1.82) is 0 Å². The second-order valence-electron chi connectivity index (χ2n) is 25.9. The molecule has 71 heavy (non-hydrogen) atoms. The van der Waals surface area contributed by atoms with E-state index in [0.29, 0.717) is 55.0 Å². The molecule has 17 atom stereocenters. The summed E-state index contributed by atoms with van der Waals surface area (Å²) in [6.45, 7) is 16.4. The maximum absolute atomic E-state index is 14.9. The van der Waals surface area contributed by atoms with Crippen LogP contribution in [0.1, 0.15) is 109 Å². The predicted molar refractivity (Wildman–Crippen MR) is 270 cm³/mol. The van der Waals surface area contributed by atoms with Crippen molar-refractivity contribution in [3.05, 3.63) is 77.4 Å². The molecule has 4 heterocycles. The lowest BCUT2D eigenvalue weighted by molar-refractivity contribution is -0.266. The van der Waals surface area contributed by atoms with Crippen molar-refractivity contribution < 1.29 is 38.1 Å². The number of likely N-dealkylation sites (tertiary alicyclic amines) is 1. The molecule has 10 nitrogen and oxygen atoms in total. The lowest BCUT2D eigenvalue weighted by Crippen LogP contribution is -2.59. The lowest BCUT2D eigenvalue weighted by atomic mass is 9.59. The maximum Gasteiger partial charge on any atom is 0.237 e. The Morgan fingerprint density at radius 2 is 0.803 bits per heavy atom. The van der Waals surface area contributed by atoms with E-state index in [9.17, 15) is 19.2 Å². The van der Waals surface area contributed by atoms with Gasteiger partial charge in [-0.3, -0.25) is 24.1 Å². The summed E-state index contributed by atoms with van der Waals surface area (Å²) < 4.78 is 28.6. The highest BCUT2D eigenvalue weighted by atomic mass is 16.6. The molecule has 4 aromatic carbocycles. The molecule has 6 saturated carbocycles. The van der Waals surface area contributed by atoms with Gasteiger partial charge >= 0.3 is 0 Å². The van der Waals surface area contributed by atoms with Crippen LogP contribution in [0.15, 0.2) is 60.7 Å². The summed E-state index contributed by atoms with van der Waals surface area (Å²) in [6, 6.07) is 21.3. The molecule has 10 heteroatoms. The molecule has 4 aliphatic heterocycles. The average molecular weight is 959 g/mol. The number of carbonyl (C=O) groups is 4. The van der Waals surface area contributed by atoms with Crippen LogP contribution >= 0.6 is 0 Å². The van der Waals surface area contributed by atoms with Crippen LogP contribution in [0.2, 0.25) is 0 Å². The molecule has 10 aliphatic rings. The fourth-order valence-electron chi connectivity index (χ4n) is 18.7. The Bertz CT molecular complexity index is 2990. The molecule has 0 bridgehead atoms. The molecule has 372 valence electrons. The molecule has 1 spiro atoms. The molecule has 17 unspecified atom stereocenters. The maximum atomic E-state index is 14.9. The number of imide groups is 2. The first-order valence-corrected chi connectivity index (χ1v) is 27.2. The van der Waals surface area contributed by atoms with E-state index in [-0.39, 0.29) is 101 Å². The van der Waals surface area contributed by atoms with Crippen LogP contribution < -0.4 is 4.90 Å². The van der Waals surface area contributed by atoms with Gasteiger partial charge in [0.1, 0.15) is 0 Å². The Hall–Kier alpha value is -4.48. The Balaban J connectivity index is 0.725. The van der Waals surface area contributed by atoms with E-state index < -0.39 is 11.8 Å². The molecular formula is C61H70N2O8. The Morgan fingerprint density at radius 1 is 0.451 bits per heavy atom. The van der Waals surface area contributed by atoms with Crippen molar-refractivity contribution in [3.8, 4) is 11.1 Å². The van der Waals surface area contributed by atoms with Gasteiger partial charge < -0.3 is 18.9 Å². The Kier molecular flexibility index (Phi) is 9.73. The van der Waals surface area contributed by atoms with Crippen molar-refractivity contribution in [2.24, 2.45) is 63.6 Å². The fraction of sp³-hybridized carbons (Fsp3) is 0.607. The van der Waals surface area contributed by atoms with Crippen molar-refractivity contribution in [2.45, 2.75) is 162 Å². The Labute approximate surface area is 417 Å². The first-order valence-electron chi connectivity index (χ1n) is 27.2. The molecule has 6 aliphatic carbocycles. The van der Waals surface area contributed by atoms with Crippen LogP contribution in [0.4, 0.5) is 5.69 Å². The topological polar surface area (TPSA) is 112 Å². The summed E-state index contributed by atoms with van der Waals surface area (Å²) >= 11 is 0. The quantitative estimate of drug-likeness (QED) is 0.183. The predicted octanol–water partition coefficient (Wildman–Crippen LogP) is 10.5. The second kappa shape index (κ2) is 15.3. The first kappa shape index (κ1) is 45.2. The molecular weight excluding hydrogens is 889 g/mol. The van der Waals surface area contributed by atoms with E-state index in [1.807, 2.05) is 6.07 Å². The molecule has 4 amide bonds. The monoisotopic (exact) mass is 959 g/mol. The highest BCUT2D eigenvalue weighted by molar-refractivity contribution is 6.26. The van der Waals surface area contributed by atoms with E-state index in [1.165, 1.54) is 39.6 Å². The molecule has 14 rings (SSSR count). The van der Waals surface area contributed by atoms with E-state index in [1.54, 1.807) is 11.9 Å². The number of nitrogens with zero attached hydrogens (tertiary/aromatic N) is 2. The zero-order valence-electron chi connectivity index (χ0n) is 42.7. The molecule has 4 saturated heterocycles. The van der Waals surface area contributed by atoms with Gasteiger partial charge in [-0.15, -0.1) is 0 Å². The minimum atomic E-state index is -0.453. The number of amides is 4. The number of benzene rings is 4. The van der Waals surface area contributed by atoms with Gasteiger partial charge in [0.2, 0.25) is 23.6 Å². The standard InChI is InChI=1S/C61H70N2O8/c1-29-17-36(33-14-10-9-13-32(33)31(29)3)37-18-30(2)54(35-16-12-11-15-34(35)37)63-57(66)40-21-48-49(22-41(40)58(63)67)71-53-26-45-43(24-51(53)69-48)60(6,7)28-61(45)27-59(4,5)42-23-50-52(25-44(42)61)70-47-20-39-38(19-46(47)68-50)55(64)62(8)56(39)65/h9-18,38-53H,19-28H2,1-8H3. The lowest BCUT2D eigenvalue weighted by Gasteiger charge is -2.54. The molecule has 0 radical (unpaired) electrons. The molecule has 0 N–H and O–H groups in total. The number of hydrogen-bond donors (Lipinski definition) is 0. The van der Waals surface area contributed by atoms with E-state index >= 15 is 0 Å². The zero-order chi connectivity index (χ0) is 48.9. The zero-order valence-corrected chi connectivity index (χ0v) is 42.7. The van der Waals surface area contributed by atoms with Crippen molar-refractivity contribution in [2.75, 3.05) is 11.9 Å². The number of fused-ring (bicyclic) bond motifs is 12. The minimum Gasteiger partial charge on any atom is -0.370 e. The smallest absolute Gasteiger partial charge is 0.237 e. The summed E-state index contributed by atoms with van der Waals surface area (Å²) in [6.07, 6.45) is 7.41. The van der Waals surface area contributed by atoms with Crippen LogP contribution in [0, 0.1) is 84.4 Å². The number of anilines is 1. The van der Waals surface area contributed by atoms with Crippen molar-refractivity contribution in [3.63, 3.8) is 0 Å². The molecule has 0 aromatic heterocycles. The van der Waals surface area contributed by atoms with E-state index in [4.69, 9.17) is 18.9 Å². The number of hydrogen-bond acceptors (Lipinski definition) is 8. The fourth-order valence-corrected chi connectivity index (χ4v) is 18.7. The minimum absolute atomic E-state index is 0.00310. The molecule has 4 aromatic rings. The average Bonchev–Trinajstić information content (AvgIpc) is 3.90. The summed E-state index contributed by atoms with van der Waals surface area (Å²) in [5, 5.41) is 4.37.